The molecule has 0 bridgehead atoms. The number of nitrogens with zero attached hydrogens (tertiary/aromatic N) is 1. The smallest absolute Gasteiger partial charge is 0.332 e. The Morgan fingerprint density at radius 2 is 1.46 bits per heavy atom. The number of esters is 3. The van der Waals surface area contributed by atoms with E-state index >= 15 is 0 Å². The fourth-order valence-corrected chi connectivity index (χ4v) is 2.38. The van der Waals surface area contributed by atoms with Crippen LogP contribution in [-0.2, 0) is 47.8 Å². The second-order valence-electron chi connectivity index (χ2n) is 5.80. The van der Waals surface area contributed by atoms with Crippen molar-refractivity contribution >= 4 is 35.7 Å². The first-order valence-corrected chi connectivity index (χ1v) is 8.18. The van der Waals surface area contributed by atoms with Crippen LogP contribution in [0.3, 0.4) is 0 Å². The van der Waals surface area contributed by atoms with Gasteiger partial charge < -0.3 is 29.1 Å². The summed E-state index contributed by atoms with van der Waals surface area (Å²) in [5, 5.41) is 5.96. The Hall–Kier alpha value is -3.18. The van der Waals surface area contributed by atoms with E-state index < -0.39 is 60.7 Å². The zero-order chi connectivity index (χ0) is 21.4. The van der Waals surface area contributed by atoms with Gasteiger partial charge in [-0.15, -0.1) is 0 Å². The third-order valence-corrected chi connectivity index (χ3v) is 3.23. The molecular weight excluding hydrogens is 380 g/mol. The van der Waals surface area contributed by atoms with Crippen LogP contribution in [0.1, 0.15) is 34.6 Å². The fraction of sp³-hybridized carbons (Fsp3) is 0.625. The van der Waals surface area contributed by atoms with Crippen molar-refractivity contribution in [1.82, 2.24) is 5.32 Å². The number of oxime groups is 1. The highest BCUT2D eigenvalue weighted by Gasteiger charge is 2.50. The minimum atomic E-state index is -1.30. The highest BCUT2D eigenvalue weighted by molar-refractivity contribution is 5.89. The van der Waals surface area contributed by atoms with Crippen molar-refractivity contribution in [1.29, 1.82) is 0 Å². The van der Waals surface area contributed by atoms with Crippen LogP contribution < -0.4 is 5.32 Å². The summed E-state index contributed by atoms with van der Waals surface area (Å²) in [4.78, 5) is 61.5. The lowest BCUT2D eigenvalue weighted by Crippen LogP contribution is -2.64. The van der Waals surface area contributed by atoms with Crippen molar-refractivity contribution in [2.24, 2.45) is 5.16 Å². The summed E-state index contributed by atoms with van der Waals surface area (Å²) >= 11 is 0. The molecule has 1 heterocycles. The number of carbonyl (C=O) groups is 5. The highest BCUT2D eigenvalue weighted by Crippen LogP contribution is 2.25. The van der Waals surface area contributed by atoms with Crippen LogP contribution in [0.15, 0.2) is 5.16 Å². The van der Waals surface area contributed by atoms with Crippen LogP contribution in [0.5, 0.6) is 0 Å². The normalized spacial score (nSPS) is 25.1. The second kappa shape index (κ2) is 10.2. The SMILES string of the molecule is CC(=O)N[C@@H]1/C(=N/OC(C)=O)O[C@@H](COC(C)=O)[C@@H](OC(C)=O)[C@@H]1OC(C)=O. The van der Waals surface area contributed by atoms with Crippen molar-refractivity contribution in [3.63, 3.8) is 0 Å². The van der Waals surface area contributed by atoms with Crippen LogP contribution in [0.2, 0.25) is 0 Å². The lowest BCUT2D eigenvalue weighted by atomic mass is 9.96. The monoisotopic (exact) mass is 402 g/mol. The lowest BCUT2D eigenvalue weighted by Gasteiger charge is -2.41. The van der Waals surface area contributed by atoms with Gasteiger partial charge >= 0.3 is 23.9 Å². The number of ether oxygens (including phenoxy) is 4. The van der Waals surface area contributed by atoms with Gasteiger partial charge in [-0.25, -0.2) is 4.79 Å². The van der Waals surface area contributed by atoms with Crippen molar-refractivity contribution in [3.8, 4) is 0 Å². The zero-order valence-electron chi connectivity index (χ0n) is 16.0. The average molecular weight is 402 g/mol. The van der Waals surface area contributed by atoms with E-state index in [1.165, 1.54) is 6.92 Å². The minimum absolute atomic E-state index is 0.336. The Kier molecular flexibility index (Phi) is 8.35. The van der Waals surface area contributed by atoms with Crippen LogP contribution in [0, 0.1) is 0 Å². The Bertz CT molecular complexity index is 674. The van der Waals surface area contributed by atoms with Gasteiger partial charge in [-0.05, 0) is 5.16 Å². The standard InChI is InChI=1S/C16H22N2O10/c1-7(19)17-13-15(26-10(4)22)14(25-9(3)21)12(6-24-8(2)20)27-16(13)18-28-11(5)23/h12-15H,6H2,1-5H3,(H,17,19)/b18-16-/t12-,13-,14+,15+/m0/s1. The summed E-state index contributed by atoms with van der Waals surface area (Å²) in [6.07, 6.45) is -3.71. The van der Waals surface area contributed by atoms with Gasteiger partial charge in [0.1, 0.15) is 12.6 Å². The summed E-state index contributed by atoms with van der Waals surface area (Å²) in [7, 11) is 0. The van der Waals surface area contributed by atoms with Crippen LogP contribution in [0.25, 0.3) is 0 Å². The summed E-state index contributed by atoms with van der Waals surface area (Å²) < 4.78 is 20.8. The van der Waals surface area contributed by atoms with Gasteiger partial charge in [-0.3, -0.25) is 19.2 Å². The van der Waals surface area contributed by atoms with Crippen molar-refractivity contribution in [3.05, 3.63) is 0 Å². The molecule has 0 aliphatic carbocycles. The van der Waals surface area contributed by atoms with E-state index in [2.05, 4.69) is 15.3 Å². The second-order valence-corrected chi connectivity index (χ2v) is 5.80. The molecule has 0 aromatic heterocycles. The first-order chi connectivity index (χ1) is 13.0. The Balaban J connectivity index is 3.37. The zero-order valence-corrected chi connectivity index (χ0v) is 16.0. The first-order valence-electron chi connectivity index (χ1n) is 8.18. The average Bonchev–Trinajstić information content (AvgIpc) is 2.54. The third-order valence-electron chi connectivity index (χ3n) is 3.23. The van der Waals surface area contributed by atoms with Crippen LogP contribution in [0.4, 0.5) is 0 Å². The molecule has 0 aromatic rings. The number of hydrogen-bond acceptors (Lipinski definition) is 11. The van der Waals surface area contributed by atoms with Gasteiger partial charge in [0.2, 0.25) is 5.91 Å². The molecule has 1 saturated heterocycles. The topological polar surface area (TPSA) is 156 Å². The molecule has 0 saturated carbocycles. The number of rotatable bonds is 6. The van der Waals surface area contributed by atoms with E-state index in [0.717, 1.165) is 27.7 Å². The molecule has 12 nitrogen and oxygen atoms in total. The van der Waals surface area contributed by atoms with Crippen LogP contribution >= 0.6 is 0 Å². The molecular formula is C16H22N2O10. The molecule has 1 aliphatic rings. The third kappa shape index (κ3) is 7.21. The van der Waals surface area contributed by atoms with Gasteiger partial charge in [-0.1, -0.05) is 0 Å². The maximum absolute atomic E-state index is 11.6. The van der Waals surface area contributed by atoms with Gasteiger partial charge in [0, 0.05) is 34.6 Å². The molecule has 0 spiro atoms. The number of carbonyl (C=O) groups excluding carboxylic acids is 5. The molecule has 1 rings (SSSR count). The molecule has 0 aromatic carbocycles. The predicted molar refractivity (Wildman–Crippen MR) is 89.4 cm³/mol. The Morgan fingerprint density at radius 1 is 0.893 bits per heavy atom. The van der Waals surface area contributed by atoms with E-state index in [0.29, 0.717) is 0 Å². The van der Waals surface area contributed by atoms with Crippen molar-refractivity contribution < 1.29 is 47.8 Å². The summed E-state index contributed by atoms with van der Waals surface area (Å²) in [5.74, 6) is -3.80. The maximum Gasteiger partial charge on any atom is 0.332 e. The van der Waals surface area contributed by atoms with Gasteiger partial charge in [0.25, 0.3) is 5.90 Å². The van der Waals surface area contributed by atoms with Gasteiger partial charge in [0.05, 0.1) is 0 Å². The molecule has 1 amide bonds. The van der Waals surface area contributed by atoms with Crippen LogP contribution in [-0.4, -0.2) is 66.6 Å². The largest absolute Gasteiger partial charge is 0.466 e. The molecule has 0 radical (unpaired) electrons. The Labute approximate surface area is 160 Å². The molecule has 1 fully saturated rings. The van der Waals surface area contributed by atoms with E-state index in [-0.39, 0.29) is 5.90 Å². The minimum Gasteiger partial charge on any atom is -0.466 e. The van der Waals surface area contributed by atoms with Gasteiger partial charge in [0.15, 0.2) is 18.3 Å². The molecule has 12 heteroatoms. The highest BCUT2D eigenvalue weighted by atomic mass is 16.7. The van der Waals surface area contributed by atoms with E-state index in [1.807, 2.05) is 0 Å². The molecule has 28 heavy (non-hydrogen) atoms. The van der Waals surface area contributed by atoms with E-state index in [1.54, 1.807) is 0 Å². The molecule has 1 N–H and O–H groups in total. The first kappa shape index (κ1) is 22.9. The summed E-state index contributed by atoms with van der Waals surface area (Å²) in [6, 6.07) is -1.24. The van der Waals surface area contributed by atoms with Crippen molar-refractivity contribution in [2.45, 2.75) is 59.0 Å². The molecule has 156 valence electrons. The summed E-state index contributed by atoms with van der Waals surface area (Å²) in [6.45, 7) is 5.25. The summed E-state index contributed by atoms with van der Waals surface area (Å²) in [5.41, 5.74) is 0. The maximum atomic E-state index is 11.6. The van der Waals surface area contributed by atoms with Crippen molar-refractivity contribution in [2.75, 3.05) is 6.61 Å². The molecule has 1 aliphatic heterocycles. The molecule has 0 unspecified atom stereocenters. The predicted octanol–water partition coefficient (Wildman–Crippen LogP) is -0.807. The van der Waals surface area contributed by atoms with Gasteiger partial charge in [-0.2, -0.15) is 0 Å². The number of hydrogen-bond donors (Lipinski definition) is 1. The Morgan fingerprint density at radius 3 is 1.93 bits per heavy atom. The number of nitrogens with one attached hydrogen (secondary N) is 1. The number of amides is 1. The van der Waals surface area contributed by atoms with E-state index in [9.17, 15) is 24.0 Å². The molecule has 4 atom stereocenters. The fourth-order valence-electron chi connectivity index (χ4n) is 2.38. The van der Waals surface area contributed by atoms with E-state index in [4.69, 9.17) is 18.9 Å². The lowest BCUT2D eigenvalue weighted by molar-refractivity contribution is -0.186. The quantitative estimate of drug-likeness (QED) is 0.258.